The van der Waals surface area contributed by atoms with E-state index in [4.69, 9.17) is 0 Å². The third kappa shape index (κ3) is 2.38. The first-order valence-electron chi connectivity index (χ1n) is 6.85. The maximum atomic E-state index is 3.53. The second kappa shape index (κ2) is 4.79. The minimum Gasteiger partial charge on any atom is -0.314 e. The Morgan fingerprint density at radius 1 is 1.18 bits per heavy atom. The van der Waals surface area contributed by atoms with Crippen LogP contribution in [0.15, 0.2) is 30.3 Å². The normalized spacial score (nSPS) is 31.1. The van der Waals surface area contributed by atoms with Crippen LogP contribution in [0, 0.1) is 0 Å². The summed E-state index contributed by atoms with van der Waals surface area (Å²) in [5.41, 5.74) is 1.52. The van der Waals surface area contributed by atoms with Gasteiger partial charge in [-0.25, -0.2) is 0 Å². The van der Waals surface area contributed by atoms with Crippen molar-refractivity contribution in [1.82, 2.24) is 10.2 Å². The highest BCUT2D eigenvalue weighted by atomic mass is 15.2. The topological polar surface area (TPSA) is 15.3 Å². The summed E-state index contributed by atoms with van der Waals surface area (Å²) in [6, 6.07) is 12.5. The van der Waals surface area contributed by atoms with Crippen LogP contribution >= 0.6 is 0 Å². The summed E-state index contributed by atoms with van der Waals surface area (Å²) in [5.74, 6) is 0.779. The van der Waals surface area contributed by atoms with E-state index in [0.717, 1.165) is 12.0 Å². The van der Waals surface area contributed by atoms with Crippen molar-refractivity contribution < 1.29 is 0 Å². The Morgan fingerprint density at radius 2 is 1.94 bits per heavy atom. The van der Waals surface area contributed by atoms with Crippen LogP contribution in [0.5, 0.6) is 0 Å². The molecule has 1 aromatic rings. The molecule has 1 N–H and O–H groups in total. The second-order valence-corrected chi connectivity index (χ2v) is 5.59. The summed E-state index contributed by atoms with van der Waals surface area (Å²) in [6.07, 6.45) is 2.65. The second-order valence-electron chi connectivity index (χ2n) is 5.59. The van der Waals surface area contributed by atoms with Crippen LogP contribution in [0.4, 0.5) is 0 Å². The van der Waals surface area contributed by atoms with E-state index < -0.39 is 0 Å². The first-order chi connectivity index (χ1) is 8.33. The van der Waals surface area contributed by atoms with E-state index in [9.17, 15) is 0 Å². The predicted molar refractivity (Wildman–Crippen MR) is 71.2 cm³/mol. The van der Waals surface area contributed by atoms with Gasteiger partial charge in [-0.2, -0.15) is 0 Å². The van der Waals surface area contributed by atoms with Gasteiger partial charge < -0.3 is 5.32 Å². The molecule has 0 aromatic heterocycles. The van der Waals surface area contributed by atoms with Gasteiger partial charge in [0.05, 0.1) is 0 Å². The van der Waals surface area contributed by atoms with Crippen LogP contribution in [0.25, 0.3) is 0 Å². The van der Waals surface area contributed by atoms with Gasteiger partial charge in [0.1, 0.15) is 0 Å². The van der Waals surface area contributed by atoms with Gasteiger partial charge in [0.2, 0.25) is 0 Å². The maximum Gasteiger partial charge on any atom is 0.0123 e. The maximum absolute atomic E-state index is 3.53. The molecule has 0 saturated carbocycles. The highest BCUT2D eigenvalue weighted by Crippen LogP contribution is 2.31. The molecule has 17 heavy (non-hydrogen) atoms. The molecule has 1 aromatic carbocycles. The zero-order valence-electron chi connectivity index (χ0n) is 10.6. The Morgan fingerprint density at radius 3 is 2.65 bits per heavy atom. The van der Waals surface area contributed by atoms with Crippen molar-refractivity contribution in [3.8, 4) is 0 Å². The van der Waals surface area contributed by atoms with Crippen molar-refractivity contribution in [2.24, 2.45) is 0 Å². The molecular formula is C15H22N2. The minimum atomic E-state index is 0.699. The van der Waals surface area contributed by atoms with Crippen molar-refractivity contribution in [3.05, 3.63) is 35.9 Å². The molecule has 2 nitrogen and oxygen atoms in total. The van der Waals surface area contributed by atoms with Gasteiger partial charge >= 0.3 is 0 Å². The molecule has 0 spiro atoms. The smallest absolute Gasteiger partial charge is 0.0123 e. The van der Waals surface area contributed by atoms with Crippen LogP contribution in [0.2, 0.25) is 0 Å². The summed E-state index contributed by atoms with van der Waals surface area (Å²) in [4.78, 5) is 2.68. The Bertz CT molecular complexity index is 356. The quantitative estimate of drug-likeness (QED) is 0.838. The van der Waals surface area contributed by atoms with E-state index in [2.05, 4.69) is 47.5 Å². The van der Waals surface area contributed by atoms with Gasteiger partial charge in [-0.15, -0.1) is 0 Å². The molecule has 3 rings (SSSR count). The first kappa shape index (κ1) is 11.2. The van der Waals surface area contributed by atoms with Gasteiger partial charge in [0, 0.05) is 31.1 Å². The molecule has 0 bridgehead atoms. The van der Waals surface area contributed by atoms with Crippen molar-refractivity contribution in [2.45, 2.75) is 37.8 Å². The van der Waals surface area contributed by atoms with Crippen LogP contribution < -0.4 is 5.32 Å². The SMILES string of the molecule is CC1CC(N2CC(c3ccccc3)C2)CCN1. The Balaban J connectivity index is 1.54. The molecule has 2 saturated heterocycles. The van der Waals surface area contributed by atoms with E-state index in [0.29, 0.717) is 6.04 Å². The number of likely N-dealkylation sites (tertiary alicyclic amines) is 1. The minimum absolute atomic E-state index is 0.699. The van der Waals surface area contributed by atoms with Crippen LogP contribution in [0.3, 0.4) is 0 Å². The molecule has 2 aliphatic heterocycles. The van der Waals surface area contributed by atoms with Crippen LogP contribution in [-0.4, -0.2) is 36.6 Å². The van der Waals surface area contributed by atoms with Gasteiger partial charge in [-0.05, 0) is 31.9 Å². The molecule has 92 valence electrons. The van der Waals surface area contributed by atoms with Gasteiger partial charge in [-0.3, -0.25) is 4.90 Å². The Labute approximate surface area is 104 Å². The van der Waals surface area contributed by atoms with E-state index in [1.165, 1.54) is 38.0 Å². The molecule has 2 unspecified atom stereocenters. The third-order valence-electron chi connectivity index (χ3n) is 4.29. The van der Waals surface area contributed by atoms with Crippen molar-refractivity contribution >= 4 is 0 Å². The number of rotatable bonds is 2. The number of piperidine rings is 1. The summed E-state index contributed by atoms with van der Waals surface area (Å²) in [5, 5.41) is 3.53. The van der Waals surface area contributed by atoms with Crippen molar-refractivity contribution in [1.29, 1.82) is 0 Å². The average Bonchev–Trinajstić information content (AvgIpc) is 2.28. The fourth-order valence-corrected chi connectivity index (χ4v) is 3.18. The lowest BCUT2D eigenvalue weighted by Gasteiger charge is -2.47. The molecule has 2 heteroatoms. The Kier molecular flexibility index (Phi) is 3.17. The highest BCUT2D eigenvalue weighted by Gasteiger charge is 2.34. The molecule has 2 atom stereocenters. The molecular weight excluding hydrogens is 208 g/mol. The number of nitrogens with zero attached hydrogens (tertiary/aromatic N) is 1. The van der Waals surface area contributed by atoms with E-state index in [-0.39, 0.29) is 0 Å². The average molecular weight is 230 g/mol. The lowest BCUT2D eigenvalue weighted by Crippen LogP contribution is -2.55. The van der Waals surface area contributed by atoms with Gasteiger partial charge in [0.15, 0.2) is 0 Å². The number of nitrogens with one attached hydrogen (secondary N) is 1. The fraction of sp³-hybridized carbons (Fsp3) is 0.600. The zero-order valence-corrected chi connectivity index (χ0v) is 10.6. The summed E-state index contributed by atoms with van der Waals surface area (Å²) in [7, 11) is 0. The lowest BCUT2D eigenvalue weighted by molar-refractivity contribution is 0.0646. The van der Waals surface area contributed by atoms with Crippen LogP contribution in [0.1, 0.15) is 31.2 Å². The van der Waals surface area contributed by atoms with Gasteiger partial charge in [0.25, 0.3) is 0 Å². The monoisotopic (exact) mass is 230 g/mol. The summed E-state index contributed by atoms with van der Waals surface area (Å²) >= 11 is 0. The molecule has 2 fully saturated rings. The fourth-order valence-electron chi connectivity index (χ4n) is 3.18. The van der Waals surface area contributed by atoms with Crippen LogP contribution in [-0.2, 0) is 0 Å². The predicted octanol–water partition coefficient (Wildman–Crippen LogP) is 2.23. The van der Waals surface area contributed by atoms with E-state index in [1.807, 2.05) is 0 Å². The standard InChI is InChI=1S/C15H22N2/c1-12-9-15(7-8-16-12)17-10-14(11-17)13-5-3-2-4-6-13/h2-6,12,14-16H,7-11H2,1H3. The van der Waals surface area contributed by atoms with E-state index in [1.54, 1.807) is 0 Å². The van der Waals surface area contributed by atoms with Gasteiger partial charge in [-0.1, -0.05) is 30.3 Å². The first-order valence-corrected chi connectivity index (χ1v) is 6.85. The number of benzene rings is 1. The number of hydrogen-bond acceptors (Lipinski definition) is 2. The third-order valence-corrected chi connectivity index (χ3v) is 4.29. The Hall–Kier alpha value is -0.860. The summed E-state index contributed by atoms with van der Waals surface area (Å²) in [6.45, 7) is 6.03. The lowest BCUT2D eigenvalue weighted by atomic mass is 9.87. The highest BCUT2D eigenvalue weighted by molar-refractivity contribution is 5.23. The number of hydrogen-bond donors (Lipinski definition) is 1. The van der Waals surface area contributed by atoms with E-state index >= 15 is 0 Å². The molecule has 2 aliphatic rings. The molecule has 2 heterocycles. The zero-order chi connectivity index (χ0) is 11.7. The molecule has 0 radical (unpaired) electrons. The summed E-state index contributed by atoms with van der Waals surface area (Å²) < 4.78 is 0. The largest absolute Gasteiger partial charge is 0.314 e. The van der Waals surface area contributed by atoms with Crippen molar-refractivity contribution in [2.75, 3.05) is 19.6 Å². The van der Waals surface area contributed by atoms with Crippen molar-refractivity contribution in [3.63, 3.8) is 0 Å². The molecule has 0 aliphatic carbocycles. The molecule has 0 amide bonds.